The smallest absolute Gasteiger partial charge is 0.139 e. The van der Waals surface area contributed by atoms with E-state index in [0.717, 1.165) is 24.3 Å². The Hall–Kier alpha value is -1.51. The van der Waals surface area contributed by atoms with Gasteiger partial charge in [0.05, 0.1) is 18.6 Å². The molecule has 0 radical (unpaired) electrons. The van der Waals surface area contributed by atoms with Crippen LogP contribution in [0, 0.1) is 6.92 Å². The van der Waals surface area contributed by atoms with Crippen LogP contribution in [0.25, 0.3) is 0 Å². The van der Waals surface area contributed by atoms with Crippen molar-refractivity contribution in [3.63, 3.8) is 0 Å². The lowest BCUT2D eigenvalue weighted by molar-refractivity contribution is 0.476. The zero-order valence-electron chi connectivity index (χ0n) is 7.57. The lowest BCUT2D eigenvalue weighted by atomic mass is 10.2. The lowest BCUT2D eigenvalue weighted by Gasteiger charge is -2.15. The maximum atomic E-state index is 9.59. The Labute approximate surface area is 77.3 Å². The topological polar surface area (TPSA) is 35.8 Å². The van der Waals surface area contributed by atoms with Crippen molar-refractivity contribution in [1.29, 1.82) is 0 Å². The van der Waals surface area contributed by atoms with Crippen LogP contribution in [0.15, 0.2) is 23.2 Å². The summed E-state index contributed by atoms with van der Waals surface area (Å²) in [6.07, 6.45) is 1.77. The molecule has 1 heterocycles. The number of aliphatic imine (C=N–C) groups is 1. The van der Waals surface area contributed by atoms with E-state index in [0.29, 0.717) is 5.75 Å². The molecule has 1 aromatic rings. The van der Waals surface area contributed by atoms with Crippen molar-refractivity contribution < 1.29 is 5.11 Å². The second-order valence-electron chi connectivity index (χ2n) is 3.21. The van der Waals surface area contributed by atoms with Gasteiger partial charge in [-0.15, -0.1) is 0 Å². The Kier molecular flexibility index (Phi) is 1.93. The first kappa shape index (κ1) is 8.10. The van der Waals surface area contributed by atoms with Crippen molar-refractivity contribution >= 4 is 12.0 Å². The first-order chi connectivity index (χ1) is 6.27. The van der Waals surface area contributed by atoms with Crippen LogP contribution in [-0.2, 0) is 0 Å². The number of hydrogen-bond donors (Lipinski definition) is 1. The number of phenolic OH excluding ortho intramolecular Hbond substituents is 1. The van der Waals surface area contributed by atoms with Gasteiger partial charge >= 0.3 is 0 Å². The number of hydrogen-bond acceptors (Lipinski definition) is 3. The van der Waals surface area contributed by atoms with E-state index >= 15 is 0 Å². The van der Waals surface area contributed by atoms with E-state index in [1.54, 1.807) is 12.4 Å². The SMILES string of the molecule is Cc1ccc(O)c(N2C=NCC2)c1. The van der Waals surface area contributed by atoms with Gasteiger partial charge < -0.3 is 10.0 Å². The average molecular weight is 176 g/mol. The van der Waals surface area contributed by atoms with Gasteiger partial charge in [0.2, 0.25) is 0 Å². The van der Waals surface area contributed by atoms with Gasteiger partial charge in [0.15, 0.2) is 0 Å². The summed E-state index contributed by atoms with van der Waals surface area (Å²) in [5.74, 6) is 0.318. The van der Waals surface area contributed by atoms with Crippen molar-refractivity contribution in [2.24, 2.45) is 4.99 Å². The number of aromatic hydroxyl groups is 1. The molecule has 0 saturated carbocycles. The lowest BCUT2D eigenvalue weighted by Crippen LogP contribution is -2.18. The van der Waals surface area contributed by atoms with Crippen LogP contribution in [0.1, 0.15) is 5.56 Å². The molecule has 2 rings (SSSR count). The van der Waals surface area contributed by atoms with Crippen molar-refractivity contribution in [2.75, 3.05) is 18.0 Å². The first-order valence-corrected chi connectivity index (χ1v) is 4.33. The molecule has 0 saturated heterocycles. The second-order valence-corrected chi connectivity index (χ2v) is 3.21. The highest BCUT2D eigenvalue weighted by molar-refractivity contribution is 5.83. The van der Waals surface area contributed by atoms with Gasteiger partial charge in [-0.05, 0) is 24.6 Å². The van der Waals surface area contributed by atoms with Crippen molar-refractivity contribution in [3.05, 3.63) is 23.8 Å². The minimum atomic E-state index is 0.318. The monoisotopic (exact) mass is 176 g/mol. The molecule has 0 aliphatic carbocycles. The Morgan fingerprint density at radius 2 is 2.31 bits per heavy atom. The fourth-order valence-electron chi connectivity index (χ4n) is 1.43. The van der Waals surface area contributed by atoms with E-state index in [2.05, 4.69) is 4.99 Å². The van der Waals surface area contributed by atoms with Crippen LogP contribution < -0.4 is 4.90 Å². The molecule has 0 atom stereocenters. The summed E-state index contributed by atoms with van der Waals surface area (Å²) < 4.78 is 0. The highest BCUT2D eigenvalue weighted by atomic mass is 16.3. The van der Waals surface area contributed by atoms with Crippen LogP contribution >= 0.6 is 0 Å². The van der Waals surface area contributed by atoms with Crippen LogP contribution in [0.5, 0.6) is 5.75 Å². The number of rotatable bonds is 1. The summed E-state index contributed by atoms with van der Waals surface area (Å²) in [5.41, 5.74) is 1.99. The number of nitrogens with zero attached hydrogens (tertiary/aromatic N) is 2. The van der Waals surface area contributed by atoms with Gasteiger partial charge in [0.25, 0.3) is 0 Å². The summed E-state index contributed by atoms with van der Waals surface area (Å²) in [5, 5.41) is 9.59. The van der Waals surface area contributed by atoms with Gasteiger partial charge in [-0.1, -0.05) is 6.07 Å². The largest absolute Gasteiger partial charge is 0.506 e. The minimum Gasteiger partial charge on any atom is -0.506 e. The molecule has 1 N–H and O–H groups in total. The van der Waals surface area contributed by atoms with Crippen LogP contribution in [-0.4, -0.2) is 24.5 Å². The van der Waals surface area contributed by atoms with Gasteiger partial charge in [-0.25, -0.2) is 0 Å². The van der Waals surface area contributed by atoms with Gasteiger partial charge in [-0.3, -0.25) is 4.99 Å². The summed E-state index contributed by atoms with van der Waals surface area (Å²) >= 11 is 0. The van der Waals surface area contributed by atoms with E-state index in [-0.39, 0.29) is 0 Å². The summed E-state index contributed by atoms with van der Waals surface area (Å²) in [6, 6.07) is 5.58. The number of phenols is 1. The maximum absolute atomic E-state index is 9.59. The molecule has 1 aromatic carbocycles. The molecular formula is C10H12N2O. The van der Waals surface area contributed by atoms with Gasteiger partial charge in [-0.2, -0.15) is 0 Å². The Morgan fingerprint density at radius 1 is 1.46 bits per heavy atom. The molecule has 3 nitrogen and oxygen atoms in total. The normalized spacial score (nSPS) is 15.3. The van der Waals surface area contributed by atoms with Crippen LogP contribution in [0.2, 0.25) is 0 Å². The van der Waals surface area contributed by atoms with Crippen molar-refractivity contribution in [1.82, 2.24) is 0 Å². The standard InChI is InChI=1S/C10H12N2O/c1-8-2-3-10(13)9(6-8)12-5-4-11-7-12/h2-3,6-7,13H,4-5H2,1H3. The van der Waals surface area contributed by atoms with E-state index in [1.165, 1.54) is 0 Å². The van der Waals surface area contributed by atoms with E-state index in [9.17, 15) is 5.11 Å². The molecule has 0 spiro atoms. The Balaban J connectivity index is 2.37. The molecule has 1 aliphatic rings. The third-order valence-corrected chi connectivity index (χ3v) is 2.13. The molecule has 13 heavy (non-hydrogen) atoms. The molecule has 68 valence electrons. The Bertz CT molecular complexity index is 347. The maximum Gasteiger partial charge on any atom is 0.139 e. The summed E-state index contributed by atoms with van der Waals surface area (Å²) in [7, 11) is 0. The number of aryl methyl sites for hydroxylation is 1. The predicted octanol–water partition coefficient (Wildman–Crippen LogP) is 1.55. The second kappa shape index (κ2) is 3.09. The van der Waals surface area contributed by atoms with Crippen molar-refractivity contribution in [3.8, 4) is 5.75 Å². The van der Waals surface area contributed by atoms with Gasteiger partial charge in [0, 0.05) is 6.54 Å². The molecular weight excluding hydrogens is 164 g/mol. The quantitative estimate of drug-likeness (QED) is 0.704. The molecule has 0 amide bonds. The number of benzene rings is 1. The summed E-state index contributed by atoms with van der Waals surface area (Å²) in [4.78, 5) is 6.06. The third kappa shape index (κ3) is 1.49. The fraction of sp³-hybridized carbons (Fsp3) is 0.300. The van der Waals surface area contributed by atoms with E-state index in [4.69, 9.17) is 0 Å². The van der Waals surface area contributed by atoms with Crippen LogP contribution in [0.3, 0.4) is 0 Å². The predicted molar refractivity (Wildman–Crippen MR) is 53.5 cm³/mol. The highest BCUT2D eigenvalue weighted by Gasteiger charge is 2.11. The molecule has 0 aromatic heterocycles. The molecule has 3 heteroatoms. The minimum absolute atomic E-state index is 0.318. The zero-order valence-corrected chi connectivity index (χ0v) is 7.57. The van der Waals surface area contributed by atoms with E-state index < -0.39 is 0 Å². The Morgan fingerprint density at radius 3 is 3.00 bits per heavy atom. The average Bonchev–Trinajstić information content (AvgIpc) is 2.61. The highest BCUT2D eigenvalue weighted by Crippen LogP contribution is 2.27. The van der Waals surface area contributed by atoms with E-state index in [1.807, 2.05) is 24.0 Å². The van der Waals surface area contributed by atoms with Crippen molar-refractivity contribution in [2.45, 2.75) is 6.92 Å². The number of anilines is 1. The molecule has 1 aliphatic heterocycles. The fourth-order valence-corrected chi connectivity index (χ4v) is 1.43. The summed E-state index contributed by atoms with van der Waals surface area (Å²) in [6.45, 7) is 3.68. The van der Waals surface area contributed by atoms with Gasteiger partial charge in [0.1, 0.15) is 5.75 Å². The third-order valence-electron chi connectivity index (χ3n) is 2.13. The molecule has 0 fully saturated rings. The van der Waals surface area contributed by atoms with Crippen LogP contribution in [0.4, 0.5) is 5.69 Å². The first-order valence-electron chi connectivity index (χ1n) is 4.33. The zero-order chi connectivity index (χ0) is 9.26. The molecule has 0 bridgehead atoms. The molecule has 0 unspecified atom stereocenters.